The summed E-state index contributed by atoms with van der Waals surface area (Å²) in [5, 5.41) is 6.24. The van der Waals surface area contributed by atoms with Crippen LogP contribution in [-0.2, 0) is 27.4 Å². The average Bonchev–Trinajstić information content (AvgIpc) is 3.57. The molecule has 250 valence electrons. The summed E-state index contributed by atoms with van der Waals surface area (Å²) in [5.41, 5.74) is 5.45. The number of fused-ring (bicyclic) bond motifs is 1. The number of imidazole rings is 1. The predicted molar refractivity (Wildman–Crippen MR) is 196 cm³/mol. The molecule has 4 aromatic rings. The second-order valence-electron chi connectivity index (χ2n) is 14.7. The van der Waals surface area contributed by atoms with Gasteiger partial charge in [0.1, 0.15) is 22.8 Å². The number of hydrogen-bond acceptors (Lipinski definition) is 6. The normalized spacial score (nSPS) is 16.0. The minimum absolute atomic E-state index is 0.109. The van der Waals surface area contributed by atoms with Crippen molar-refractivity contribution >= 4 is 43.0 Å². The van der Waals surface area contributed by atoms with Gasteiger partial charge in [-0.15, -0.1) is 0 Å². The molecule has 0 aliphatic carbocycles. The van der Waals surface area contributed by atoms with Crippen molar-refractivity contribution in [2.75, 3.05) is 26.6 Å². The number of benzene rings is 2. The smallest absolute Gasteiger partial charge is 0.189 e. The quantitative estimate of drug-likeness (QED) is 0.0690. The van der Waals surface area contributed by atoms with Gasteiger partial charge in [-0.1, -0.05) is 58.3 Å². The van der Waals surface area contributed by atoms with Gasteiger partial charge in [0, 0.05) is 47.6 Å². The van der Waals surface area contributed by atoms with E-state index in [1.165, 1.54) is 11.1 Å². The summed E-state index contributed by atoms with van der Waals surface area (Å²) in [6.07, 6.45) is 5.90. The van der Waals surface area contributed by atoms with Crippen molar-refractivity contribution in [1.82, 2.24) is 19.3 Å². The first-order valence-electron chi connectivity index (χ1n) is 16.7. The lowest BCUT2D eigenvalue weighted by Crippen LogP contribution is -2.22. The number of aryl methyl sites for hydroxylation is 1. The van der Waals surface area contributed by atoms with E-state index in [1.807, 2.05) is 12.3 Å². The second kappa shape index (κ2) is 15.3. The van der Waals surface area contributed by atoms with Crippen LogP contribution in [0.5, 0.6) is 5.75 Å². The molecule has 46 heavy (non-hydrogen) atoms. The Morgan fingerprint density at radius 1 is 0.957 bits per heavy atom. The highest BCUT2D eigenvalue weighted by Gasteiger charge is 2.25. The Morgan fingerprint density at radius 3 is 2.41 bits per heavy atom. The monoisotopic (exact) mass is 726 g/mol. The largest absolute Gasteiger partial charge is 0.468 e. The van der Waals surface area contributed by atoms with Crippen molar-refractivity contribution in [3.05, 3.63) is 52.8 Å². The number of rotatable bonds is 15. The molecule has 0 N–H and O–H groups in total. The van der Waals surface area contributed by atoms with Crippen LogP contribution in [0.4, 0.5) is 0 Å². The lowest BCUT2D eigenvalue weighted by molar-refractivity contribution is -0.0365. The molecule has 8 nitrogen and oxygen atoms in total. The number of aromatic nitrogens is 4. The summed E-state index contributed by atoms with van der Waals surface area (Å²) < 4.78 is 29.1. The molecule has 1 aliphatic rings. The standard InChI is InChI=1S/C35H51BrN4O4Si2/c1-8-26-21-28(44-25-42-18-20-46(5,6)7)13-15-29(26)27-12-14-30-31(22-27)40(33-11-9-10-16-43-33)38-34(30)35-37-32(36)23-39(35)24-41-17-19-45(2,3)4/h12-15,21-23,33H,8-11,16-20,24-25H2,1-7H3. The van der Waals surface area contributed by atoms with Gasteiger partial charge in [0.2, 0.25) is 0 Å². The van der Waals surface area contributed by atoms with Crippen LogP contribution in [0.15, 0.2) is 47.2 Å². The maximum absolute atomic E-state index is 6.26. The average molecular weight is 728 g/mol. The number of ether oxygens (including phenoxy) is 4. The first-order chi connectivity index (χ1) is 21.9. The van der Waals surface area contributed by atoms with Crippen LogP contribution in [0.1, 0.15) is 38.0 Å². The Bertz CT molecular complexity index is 1600. The summed E-state index contributed by atoms with van der Waals surface area (Å²) in [7, 11) is -2.30. The van der Waals surface area contributed by atoms with E-state index < -0.39 is 16.1 Å². The highest BCUT2D eigenvalue weighted by atomic mass is 79.9. The van der Waals surface area contributed by atoms with Gasteiger partial charge < -0.3 is 23.5 Å². The molecule has 1 unspecified atom stereocenters. The van der Waals surface area contributed by atoms with Crippen molar-refractivity contribution in [2.45, 2.75) is 96.9 Å². The molecular weight excluding hydrogens is 676 g/mol. The van der Waals surface area contributed by atoms with Gasteiger partial charge in [-0.2, -0.15) is 5.10 Å². The van der Waals surface area contributed by atoms with Crippen molar-refractivity contribution < 1.29 is 18.9 Å². The number of hydrogen-bond donors (Lipinski definition) is 0. The highest BCUT2D eigenvalue weighted by Crippen LogP contribution is 2.37. The Kier molecular flexibility index (Phi) is 11.6. The molecule has 11 heteroatoms. The summed E-state index contributed by atoms with van der Waals surface area (Å²) in [5.74, 6) is 1.62. The molecule has 0 saturated carbocycles. The molecule has 0 spiro atoms. The van der Waals surface area contributed by atoms with Gasteiger partial charge in [0.25, 0.3) is 0 Å². The summed E-state index contributed by atoms with van der Waals surface area (Å²) >= 11 is 3.61. The molecular formula is C35H51BrN4O4Si2. The fourth-order valence-electron chi connectivity index (χ4n) is 5.60. The molecule has 0 amide bonds. The van der Waals surface area contributed by atoms with Crippen LogP contribution in [0.2, 0.25) is 51.4 Å². The van der Waals surface area contributed by atoms with Gasteiger partial charge in [-0.25, -0.2) is 9.67 Å². The van der Waals surface area contributed by atoms with Crippen molar-refractivity contribution in [1.29, 1.82) is 0 Å². The van der Waals surface area contributed by atoms with Crippen molar-refractivity contribution in [2.24, 2.45) is 0 Å². The van der Waals surface area contributed by atoms with Crippen LogP contribution >= 0.6 is 15.9 Å². The summed E-state index contributed by atoms with van der Waals surface area (Å²) in [6, 6.07) is 15.2. The van der Waals surface area contributed by atoms with E-state index in [4.69, 9.17) is 29.0 Å². The third-order valence-electron chi connectivity index (χ3n) is 8.40. The SMILES string of the molecule is CCc1cc(OCOCC[Si](C)(C)C)ccc1-c1ccc2c(-c3nc(Br)cn3COCC[Si](C)(C)C)nn(C3CCCCO3)c2c1. The molecule has 3 heterocycles. The zero-order valence-electron chi connectivity index (χ0n) is 28.7. The van der Waals surface area contributed by atoms with Crippen LogP contribution in [0.25, 0.3) is 33.5 Å². The van der Waals surface area contributed by atoms with E-state index in [1.54, 1.807) is 0 Å². The molecule has 1 saturated heterocycles. The molecule has 2 aromatic carbocycles. The van der Waals surface area contributed by atoms with Crippen molar-refractivity contribution in [3.8, 4) is 28.4 Å². The van der Waals surface area contributed by atoms with Crippen LogP contribution in [0, 0.1) is 0 Å². The lowest BCUT2D eigenvalue weighted by atomic mass is 9.96. The van der Waals surface area contributed by atoms with E-state index in [9.17, 15) is 0 Å². The topological polar surface area (TPSA) is 72.6 Å². The predicted octanol–water partition coefficient (Wildman–Crippen LogP) is 9.59. The van der Waals surface area contributed by atoms with E-state index in [0.29, 0.717) is 6.73 Å². The maximum atomic E-state index is 6.26. The van der Waals surface area contributed by atoms with Gasteiger partial charge in [-0.05, 0) is 94.7 Å². The van der Waals surface area contributed by atoms with Gasteiger partial charge >= 0.3 is 0 Å². The summed E-state index contributed by atoms with van der Waals surface area (Å²) in [6.45, 7) is 19.3. The lowest BCUT2D eigenvalue weighted by Gasteiger charge is -2.23. The fraction of sp³-hybridized carbons (Fsp3) is 0.543. The van der Waals surface area contributed by atoms with Crippen LogP contribution in [0.3, 0.4) is 0 Å². The van der Waals surface area contributed by atoms with Crippen molar-refractivity contribution in [3.63, 3.8) is 0 Å². The molecule has 0 radical (unpaired) electrons. The molecule has 2 aromatic heterocycles. The number of halogens is 1. The third kappa shape index (κ3) is 9.20. The highest BCUT2D eigenvalue weighted by molar-refractivity contribution is 9.10. The Morgan fingerprint density at radius 2 is 1.72 bits per heavy atom. The summed E-state index contributed by atoms with van der Waals surface area (Å²) in [4.78, 5) is 4.85. The Labute approximate surface area is 284 Å². The molecule has 1 fully saturated rings. The maximum Gasteiger partial charge on any atom is 0.189 e. The minimum atomic E-state index is -1.18. The van der Waals surface area contributed by atoms with E-state index in [-0.39, 0.29) is 13.0 Å². The fourth-order valence-corrected chi connectivity index (χ4v) is 7.53. The third-order valence-corrected chi connectivity index (χ3v) is 12.2. The molecule has 5 rings (SSSR count). The van der Waals surface area contributed by atoms with E-state index in [2.05, 4.69) is 102 Å². The zero-order valence-corrected chi connectivity index (χ0v) is 32.3. The molecule has 1 aliphatic heterocycles. The number of nitrogens with zero attached hydrogens (tertiary/aromatic N) is 4. The molecule has 1 atom stereocenters. The zero-order chi connectivity index (χ0) is 32.9. The second-order valence-corrected chi connectivity index (χ2v) is 26.8. The van der Waals surface area contributed by atoms with Gasteiger partial charge in [0.05, 0.1) is 5.52 Å². The van der Waals surface area contributed by atoms with E-state index in [0.717, 1.165) is 95.9 Å². The first kappa shape index (κ1) is 35.0. The Hall–Kier alpha value is -2.29. The van der Waals surface area contributed by atoms with E-state index >= 15 is 0 Å². The van der Waals surface area contributed by atoms with Gasteiger partial charge in [-0.3, -0.25) is 0 Å². The minimum Gasteiger partial charge on any atom is -0.468 e. The van der Waals surface area contributed by atoms with Gasteiger partial charge in [0.15, 0.2) is 18.8 Å². The first-order valence-corrected chi connectivity index (χ1v) is 24.9. The molecule has 0 bridgehead atoms. The Balaban J connectivity index is 1.44. The van der Waals surface area contributed by atoms with Crippen LogP contribution in [-0.4, -0.2) is 62.1 Å². The van der Waals surface area contributed by atoms with Crippen LogP contribution < -0.4 is 4.74 Å².